The number of Topliss-reactive ketones (excluding diaryl/α,β-unsaturated/α-hetero) is 1. The van der Waals surface area contributed by atoms with Crippen LogP contribution < -0.4 is 5.32 Å². The summed E-state index contributed by atoms with van der Waals surface area (Å²) >= 11 is 6.19. The SMILES string of the molecule is CCCC(=O)/C(C#N)=C(\N[C@@H](C)C(C)(C)C)c1cccnc1Cl. The fourth-order valence-electron chi connectivity index (χ4n) is 1.90. The molecule has 0 aliphatic carbocycles. The van der Waals surface area contributed by atoms with Crippen molar-refractivity contribution in [2.24, 2.45) is 5.41 Å². The average Bonchev–Trinajstić information content (AvgIpc) is 2.46. The molecule has 5 heteroatoms. The van der Waals surface area contributed by atoms with Crippen molar-refractivity contribution >= 4 is 23.1 Å². The van der Waals surface area contributed by atoms with Gasteiger partial charge in [0.15, 0.2) is 5.78 Å². The number of hydrogen-bond acceptors (Lipinski definition) is 4. The van der Waals surface area contributed by atoms with Gasteiger partial charge in [-0.1, -0.05) is 39.3 Å². The number of carbonyl (C=O) groups excluding carboxylic acids is 1. The van der Waals surface area contributed by atoms with E-state index in [-0.39, 0.29) is 28.0 Å². The van der Waals surface area contributed by atoms with E-state index in [2.05, 4.69) is 37.1 Å². The summed E-state index contributed by atoms with van der Waals surface area (Å²) in [4.78, 5) is 16.4. The number of halogens is 1. The average molecular weight is 334 g/mol. The van der Waals surface area contributed by atoms with Crippen LogP contribution in [0.2, 0.25) is 5.15 Å². The molecule has 1 N–H and O–H groups in total. The first-order valence-electron chi connectivity index (χ1n) is 7.77. The van der Waals surface area contributed by atoms with Crippen LogP contribution in [0, 0.1) is 16.7 Å². The third-order valence-corrected chi connectivity index (χ3v) is 4.11. The summed E-state index contributed by atoms with van der Waals surface area (Å²) in [6, 6.07) is 5.59. The van der Waals surface area contributed by atoms with Gasteiger partial charge in [0.05, 0.1) is 5.70 Å². The molecule has 1 aromatic heterocycles. The molecule has 0 fully saturated rings. The lowest BCUT2D eigenvalue weighted by atomic mass is 9.87. The number of nitrogens with one attached hydrogen (secondary N) is 1. The lowest BCUT2D eigenvalue weighted by Crippen LogP contribution is -2.37. The van der Waals surface area contributed by atoms with Crippen molar-refractivity contribution in [2.45, 2.75) is 53.5 Å². The van der Waals surface area contributed by atoms with Crippen molar-refractivity contribution in [1.82, 2.24) is 10.3 Å². The summed E-state index contributed by atoms with van der Waals surface area (Å²) in [6.45, 7) is 10.2. The van der Waals surface area contributed by atoms with Gasteiger partial charge in [0.25, 0.3) is 0 Å². The maximum Gasteiger partial charge on any atom is 0.175 e. The van der Waals surface area contributed by atoms with Crippen LogP contribution in [0.4, 0.5) is 0 Å². The molecule has 1 atom stereocenters. The molecule has 23 heavy (non-hydrogen) atoms. The maximum atomic E-state index is 12.3. The molecule has 124 valence electrons. The van der Waals surface area contributed by atoms with Gasteiger partial charge in [0.2, 0.25) is 0 Å². The quantitative estimate of drug-likeness (QED) is 0.477. The van der Waals surface area contributed by atoms with E-state index in [0.29, 0.717) is 24.1 Å². The number of pyridine rings is 1. The van der Waals surface area contributed by atoms with Crippen LogP contribution in [0.25, 0.3) is 5.70 Å². The number of nitrogens with zero attached hydrogens (tertiary/aromatic N) is 2. The maximum absolute atomic E-state index is 12.3. The Balaban J connectivity index is 3.46. The highest BCUT2D eigenvalue weighted by atomic mass is 35.5. The fraction of sp³-hybridized carbons (Fsp3) is 0.500. The highest BCUT2D eigenvalue weighted by Crippen LogP contribution is 2.27. The third kappa shape index (κ3) is 5.07. The van der Waals surface area contributed by atoms with Gasteiger partial charge in [-0.3, -0.25) is 4.79 Å². The standard InChI is InChI=1S/C18H24ClN3O/c1-6-8-15(23)14(11-20)16(22-12(2)18(3,4)5)13-9-7-10-21-17(13)19/h7,9-10,12,22H,6,8H2,1-5H3/b16-14-/t12-/m0/s1. The van der Waals surface area contributed by atoms with E-state index in [1.54, 1.807) is 18.3 Å². The molecule has 0 spiro atoms. The zero-order valence-electron chi connectivity index (χ0n) is 14.4. The number of hydrogen-bond donors (Lipinski definition) is 1. The normalized spacial score (nSPS) is 13.8. The van der Waals surface area contributed by atoms with Gasteiger partial charge in [-0.05, 0) is 30.9 Å². The van der Waals surface area contributed by atoms with Gasteiger partial charge in [-0.25, -0.2) is 4.98 Å². The molecule has 0 radical (unpaired) electrons. The van der Waals surface area contributed by atoms with Crippen molar-refractivity contribution in [1.29, 1.82) is 5.26 Å². The van der Waals surface area contributed by atoms with Crippen molar-refractivity contribution in [2.75, 3.05) is 0 Å². The van der Waals surface area contributed by atoms with E-state index in [4.69, 9.17) is 11.6 Å². The van der Waals surface area contributed by atoms with Crippen molar-refractivity contribution in [3.8, 4) is 6.07 Å². The molecule has 0 aliphatic rings. The topological polar surface area (TPSA) is 65.8 Å². The van der Waals surface area contributed by atoms with Crippen molar-refractivity contribution in [3.05, 3.63) is 34.6 Å². The van der Waals surface area contributed by atoms with Crippen LogP contribution >= 0.6 is 11.6 Å². The van der Waals surface area contributed by atoms with Gasteiger partial charge >= 0.3 is 0 Å². The largest absolute Gasteiger partial charge is 0.380 e. The summed E-state index contributed by atoms with van der Waals surface area (Å²) in [5.74, 6) is -0.182. The number of carbonyl (C=O) groups is 1. The van der Waals surface area contributed by atoms with Gasteiger partial charge in [-0.15, -0.1) is 0 Å². The van der Waals surface area contributed by atoms with Gasteiger partial charge in [-0.2, -0.15) is 5.26 Å². The monoisotopic (exact) mass is 333 g/mol. The van der Waals surface area contributed by atoms with Gasteiger partial charge in [0.1, 0.15) is 16.8 Å². The predicted molar refractivity (Wildman–Crippen MR) is 93.7 cm³/mol. The molecule has 0 saturated carbocycles. The van der Waals surface area contributed by atoms with Crippen LogP contribution in [0.3, 0.4) is 0 Å². The summed E-state index contributed by atoms with van der Waals surface area (Å²) in [7, 11) is 0. The minimum Gasteiger partial charge on any atom is -0.380 e. The van der Waals surface area contributed by atoms with E-state index < -0.39 is 0 Å². The summed E-state index contributed by atoms with van der Waals surface area (Å²) in [6.07, 6.45) is 2.60. The van der Waals surface area contributed by atoms with Crippen LogP contribution in [-0.4, -0.2) is 16.8 Å². The minimum atomic E-state index is -0.182. The van der Waals surface area contributed by atoms with Crippen molar-refractivity contribution in [3.63, 3.8) is 0 Å². The van der Waals surface area contributed by atoms with E-state index >= 15 is 0 Å². The van der Waals surface area contributed by atoms with Crippen LogP contribution in [0.1, 0.15) is 53.0 Å². The highest BCUT2D eigenvalue weighted by molar-refractivity contribution is 6.31. The number of allylic oxidation sites excluding steroid dienone is 1. The molecule has 4 nitrogen and oxygen atoms in total. The first kappa shape index (κ1) is 19.2. The molecule has 0 aromatic carbocycles. The summed E-state index contributed by atoms with van der Waals surface area (Å²) in [5.41, 5.74) is 1.10. The molecule has 0 bridgehead atoms. The first-order chi connectivity index (χ1) is 10.7. The Labute approximate surface area is 143 Å². The predicted octanol–water partition coefficient (Wildman–Crippen LogP) is 4.36. The Morgan fingerprint density at radius 3 is 2.61 bits per heavy atom. The zero-order valence-corrected chi connectivity index (χ0v) is 15.2. The third-order valence-electron chi connectivity index (χ3n) is 3.81. The number of rotatable bonds is 6. The molecule has 0 unspecified atom stereocenters. The van der Waals surface area contributed by atoms with Gasteiger partial charge in [0, 0.05) is 24.2 Å². The number of nitriles is 1. The molecular formula is C18H24ClN3O. The second kappa shape index (κ2) is 8.12. The van der Waals surface area contributed by atoms with Crippen molar-refractivity contribution < 1.29 is 4.79 Å². The van der Waals surface area contributed by atoms with Gasteiger partial charge < -0.3 is 5.32 Å². The molecule has 0 saturated heterocycles. The lowest BCUT2D eigenvalue weighted by Gasteiger charge is -2.30. The first-order valence-corrected chi connectivity index (χ1v) is 8.15. The molecule has 0 amide bonds. The highest BCUT2D eigenvalue weighted by Gasteiger charge is 2.25. The molecule has 1 heterocycles. The summed E-state index contributed by atoms with van der Waals surface area (Å²) < 4.78 is 0. The second-order valence-electron chi connectivity index (χ2n) is 6.61. The van der Waals surface area contributed by atoms with E-state index in [1.807, 2.05) is 13.8 Å². The Bertz CT molecular complexity index is 638. The Kier molecular flexibility index (Phi) is 6.78. The van der Waals surface area contributed by atoms with Crippen LogP contribution in [0.15, 0.2) is 23.9 Å². The van der Waals surface area contributed by atoms with E-state index in [9.17, 15) is 10.1 Å². The minimum absolute atomic E-state index is 0.0338. The lowest BCUT2D eigenvalue weighted by molar-refractivity contribution is -0.115. The van der Waals surface area contributed by atoms with Crippen LogP contribution in [0.5, 0.6) is 0 Å². The van der Waals surface area contributed by atoms with E-state index in [1.165, 1.54) is 0 Å². The number of ketones is 1. The van der Waals surface area contributed by atoms with Crippen LogP contribution in [-0.2, 0) is 4.79 Å². The Hall–Kier alpha value is -1.86. The Morgan fingerprint density at radius 1 is 1.48 bits per heavy atom. The van der Waals surface area contributed by atoms with E-state index in [0.717, 1.165) is 0 Å². The molecule has 0 aliphatic heterocycles. The zero-order chi connectivity index (χ0) is 17.6. The second-order valence-corrected chi connectivity index (χ2v) is 6.97. The molecular weight excluding hydrogens is 310 g/mol. The smallest absolute Gasteiger partial charge is 0.175 e. The summed E-state index contributed by atoms with van der Waals surface area (Å²) in [5, 5.41) is 13.1. The molecule has 1 aromatic rings. The number of aromatic nitrogens is 1. The fourth-order valence-corrected chi connectivity index (χ4v) is 2.11. The Morgan fingerprint density at radius 2 is 2.13 bits per heavy atom. The molecule has 1 rings (SSSR count).